The normalized spacial score (nSPS) is 15.4. The Balaban J connectivity index is 1.38. The zero-order chi connectivity index (χ0) is 72.0. The Morgan fingerprint density at radius 1 is 0.531 bits per heavy atom. The Morgan fingerprint density at radius 2 is 0.949 bits per heavy atom. The van der Waals surface area contributed by atoms with Crippen molar-refractivity contribution in [1.82, 2.24) is 52.8 Å². The van der Waals surface area contributed by atoms with Crippen molar-refractivity contribution in [1.29, 1.82) is 0 Å². The maximum Gasteiger partial charge on any atom is 0.243 e. The zero-order valence-corrected chi connectivity index (χ0v) is 56.7. The van der Waals surface area contributed by atoms with E-state index in [1.807, 2.05) is 44.2 Å². The van der Waals surface area contributed by atoms with Gasteiger partial charge in [0, 0.05) is 45.0 Å². The van der Waals surface area contributed by atoms with Gasteiger partial charge in [-0.3, -0.25) is 62.3 Å². The van der Waals surface area contributed by atoms with Crippen LogP contribution in [-0.4, -0.2) is 172 Å². The predicted molar refractivity (Wildman–Crippen MR) is 367 cm³/mol. The van der Waals surface area contributed by atoms with Crippen LogP contribution in [0.5, 0.6) is 5.75 Å². The number of carbonyl (C=O) groups is 13. The Morgan fingerprint density at radius 3 is 1.41 bits per heavy atom. The van der Waals surface area contributed by atoms with Gasteiger partial charge in [-0.15, -0.1) is 0 Å². The SMILES string of the molecule is CC(=O)NCCSC(=O)[C@H](CC(C)C)NC(=O)[C@H](CCCN)NC(=O)[C@@H](NC(=O)[C@H](Cc1ccc(O)cc1)NC(=O)[C@H](CC(N)=O)NC(=O)[C@H](CC(N)=O)NC(=O)[C@@H](Cc1ccccc1)NC(=O)[C@H](Cc1ccccc1)NC(=O)[C@@H]1CCCN1C(=O)[C@H](N)Cc1ccccc1)C(C)C. The van der Waals surface area contributed by atoms with E-state index in [9.17, 15) is 67.4 Å². The Hall–Kier alpha value is -9.74. The fourth-order valence-corrected chi connectivity index (χ4v) is 11.7. The number of amides is 12. The van der Waals surface area contributed by atoms with E-state index in [-0.39, 0.29) is 99.4 Å². The number of rotatable bonds is 39. The molecule has 0 unspecified atom stereocenters. The minimum atomic E-state index is -1.93. The minimum absolute atomic E-state index is 0.0294. The van der Waals surface area contributed by atoms with Crippen LogP contribution in [0.4, 0.5) is 0 Å². The molecule has 0 saturated carbocycles. The molecule has 530 valence electrons. The molecule has 0 radical (unpaired) electrons. The van der Waals surface area contributed by atoms with E-state index in [4.69, 9.17) is 22.9 Å². The molecule has 1 fully saturated rings. The van der Waals surface area contributed by atoms with E-state index in [0.29, 0.717) is 23.1 Å². The van der Waals surface area contributed by atoms with Gasteiger partial charge in [0.2, 0.25) is 76.0 Å². The molecule has 1 heterocycles. The van der Waals surface area contributed by atoms with Crippen LogP contribution in [0.1, 0.15) is 102 Å². The Bertz CT molecular complexity index is 3370. The quantitative estimate of drug-likeness (QED) is 0.0249. The monoisotopic (exact) mass is 1370 g/mol. The van der Waals surface area contributed by atoms with Crippen molar-refractivity contribution in [2.45, 2.75) is 166 Å². The second-order valence-corrected chi connectivity index (χ2v) is 26.0. The van der Waals surface area contributed by atoms with Crippen LogP contribution in [0.3, 0.4) is 0 Å². The van der Waals surface area contributed by atoms with Gasteiger partial charge in [0.1, 0.15) is 54.1 Å². The number of hydrogen-bond donors (Lipinski definition) is 14. The van der Waals surface area contributed by atoms with Crippen LogP contribution in [0.15, 0.2) is 115 Å². The molecule has 0 bridgehead atoms. The number of aromatic hydroxyl groups is 1. The molecule has 4 aromatic rings. The van der Waals surface area contributed by atoms with Gasteiger partial charge in [0.25, 0.3) is 0 Å². The molecule has 4 aromatic carbocycles. The van der Waals surface area contributed by atoms with Crippen LogP contribution >= 0.6 is 11.8 Å². The molecular weight excluding hydrogens is 1280 g/mol. The first-order chi connectivity index (χ1) is 46.6. The number of phenols is 1. The summed E-state index contributed by atoms with van der Waals surface area (Å²) >= 11 is 0.927. The average Bonchev–Trinajstić information content (AvgIpc) is 1.53. The Kier molecular flexibility index (Phi) is 32.3. The summed E-state index contributed by atoms with van der Waals surface area (Å²) in [5.74, 6) is -11.1. The molecule has 10 atom stereocenters. The van der Waals surface area contributed by atoms with Crippen molar-refractivity contribution < 1.29 is 67.4 Å². The van der Waals surface area contributed by atoms with Gasteiger partial charge in [-0.1, -0.05) is 143 Å². The number of primary amides is 2. The van der Waals surface area contributed by atoms with Crippen molar-refractivity contribution in [3.63, 3.8) is 0 Å². The van der Waals surface area contributed by atoms with E-state index < -0.39 is 144 Å². The number of likely N-dealkylation sites (tertiary alicyclic amines) is 1. The standard InChI is InChI=1S/C69H94N14O14S/c1-40(2)33-55(69(97)98-32-30-74-42(5)84)81-60(88)49(23-15-29-70)75-67(95)59(41(3)4)82-65(93)52(37-46-25-27-47(85)28-26-46)77-63(91)53(38-57(72)86)79-64(92)54(39-58(73)87)78-61(89)50(35-44-19-11-7-12-20-44)76-62(90)51(36-45-21-13-8-14-22-45)80-66(94)56-24-16-31-83(56)68(96)48(71)34-43-17-9-6-10-18-43/h6-14,17-22,25-28,40-41,48-56,59,85H,15-16,23-24,29-39,70-71H2,1-5H3,(H2,72,86)(H2,73,87)(H,74,84)(H,75,95)(H,76,90)(H,77,91)(H,78,89)(H,79,92)(H,80,94)(H,81,88)(H,82,93)/t48-,49+,50-,51+,52+,53+,54+,55+,56+,59+/m1/s1. The number of benzene rings is 4. The molecule has 28 nitrogen and oxygen atoms in total. The Labute approximate surface area is 574 Å². The topological polar surface area (TPSA) is 458 Å². The first kappa shape index (κ1) is 79.0. The van der Waals surface area contributed by atoms with E-state index in [1.165, 1.54) is 36.1 Å². The highest BCUT2D eigenvalue weighted by Gasteiger charge is 2.40. The number of nitrogens with one attached hydrogen (secondary N) is 9. The van der Waals surface area contributed by atoms with E-state index >= 15 is 0 Å². The lowest BCUT2D eigenvalue weighted by molar-refractivity contribution is -0.140. The maximum atomic E-state index is 14.7. The lowest BCUT2D eigenvalue weighted by Crippen LogP contribution is -2.62. The second kappa shape index (κ2) is 40.1. The molecular formula is C69H94N14O14S. The van der Waals surface area contributed by atoms with Crippen molar-refractivity contribution in [2.75, 3.05) is 25.4 Å². The van der Waals surface area contributed by atoms with Gasteiger partial charge in [-0.05, 0) is 91.3 Å². The number of carbonyl (C=O) groups excluding carboxylic acids is 13. The molecule has 5 rings (SSSR count). The molecule has 1 saturated heterocycles. The fraction of sp³-hybridized carbons (Fsp3) is 0.464. The van der Waals surface area contributed by atoms with Gasteiger partial charge >= 0.3 is 0 Å². The summed E-state index contributed by atoms with van der Waals surface area (Å²) in [5.41, 5.74) is 25.8. The number of thioether (sulfide) groups is 1. The van der Waals surface area contributed by atoms with Crippen LogP contribution in [-0.2, 0) is 88.0 Å². The lowest BCUT2D eigenvalue weighted by atomic mass is 9.99. The van der Waals surface area contributed by atoms with Crippen LogP contribution in [0.2, 0.25) is 0 Å². The van der Waals surface area contributed by atoms with E-state index in [1.54, 1.807) is 74.5 Å². The summed E-state index contributed by atoms with van der Waals surface area (Å²) in [4.78, 5) is 181. The highest BCUT2D eigenvalue weighted by Crippen LogP contribution is 2.21. The highest BCUT2D eigenvalue weighted by atomic mass is 32.2. The minimum Gasteiger partial charge on any atom is -0.508 e. The third-order valence-corrected chi connectivity index (χ3v) is 17.0. The predicted octanol–water partition coefficient (Wildman–Crippen LogP) is -0.553. The van der Waals surface area contributed by atoms with Crippen molar-refractivity contribution in [3.8, 4) is 5.75 Å². The number of hydrogen-bond acceptors (Lipinski definition) is 17. The van der Waals surface area contributed by atoms with Gasteiger partial charge < -0.3 is 80.8 Å². The molecule has 1 aliphatic rings. The van der Waals surface area contributed by atoms with E-state index in [0.717, 1.165) is 17.3 Å². The van der Waals surface area contributed by atoms with Crippen LogP contribution in [0.25, 0.3) is 0 Å². The summed E-state index contributed by atoms with van der Waals surface area (Å²) in [7, 11) is 0. The molecule has 0 aliphatic carbocycles. The van der Waals surface area contributed by atoms with Crippen molar-refractivity contribution >= 4 is 87.8 Å². The molecule has 0 aromatic heterocycles. The number of phenolic OH excluding ortho intramolecular Hbond substituents is 1. The maximum absolute atomic E-state index is 14.7. The average molecular weight is 1380 g/mol. The summed E-state index contributed by atoms with van der Waals surface area (Å²) in [6, 6.07) is 17.8. The van der Waals surface area contributed by atoms with E-state index in [2.05, 4.69) is 47.9 Å². The molecule has 12 amide bonds. The van der Waals surface area contributed by atoms with Crippen LogP contribution in [0, 0.1) is 11.8 Å². The lowest BCUT2D eigenvalue weighted by Gasteiger charge is -2.29. The first-order valence-electron chi connectivity index (χ1n) is 32.7. The molecule has 1 aliphatic heterocycles. The molecule has 0 spiro atoms. The van der Waals surface area contributed by atoms with Gasteiger partial charge in [-0.2, -0.15) is 0 Å². The van der Waals surface area contributed by atoms with Gasteiger partial charge in [0.15, 0.2) is 0 Å². The summed E-state index contributed by atoms with van der Waals surface area (Å²) in [6.45, 7) is 8.85. The molecule has 18 N–H and O–H groups in total. The highest BCUT2D eigenvalue weighted by molar-refractivity contribution is 8.13. The van der Waals surface area contributed by atoms with Crippen LogP contribution < -0.4 is 70.8 Å². The van der Waals surface area contributed by atoms with Crippen molar-refractivity contribution in [2.24, 2.45) is 34.8 Å². The zero-order valence-electron chi connectivity index (χ0n) is 55.9. The number of nitrogens with zero attached hydrogens (tertiary/aromatic N) is 1. The molecule has 29 heteroatoms. The number of nitrogens with two attached hydrogens (primary N) is 4. The second-order valence-electron chi connectivity index (χ2n) is 24.9. The summed E-state index contributed by atoms with van der Waals surface area (Å²) < 4.78 is 0. The third-order valence-electron chi connectivity index (χ3n) is 16.0. The first-order valence-corrected chi connectivity index (χ1v) is 33.7. The van der Waals surface area contributed by atoms with Crippen molar-refractivity contribution in [3.05, 3.63) is 138 Å². The summed E-state index contributed by atoms with van der Waals surface area (Å²) in [6.07, 6.45) is -0.943. The molecule has 98 heavy (non-hydrogen) atoms. The largest absolute Gasteiger partial charge is 0.508 e. The van der Waals surface area contributed by atoms with Gasteiger partial charge in [0.05, 0.1) is 24.9 Å². The third kappa shape index (κ3) is 26.7. The smallest absolute Gasteiger partial charge is 0.243 e. The summed E-state index contributed by atoms with van der Waals surface area (Å²) in [5, 5.41) is 33.3. The fourth-order valence-electron chi connectivity index (χ4n) is 10.9. The van der Waals surface area contributed by atoms with Gasteiger partial charge in [-0.25, -0.2) is 0 Å².